The molecule has 17 heavy (non-hydrogen) atoms. The number of piperidine rings is 1. The van der Waals surface area contributed by atoms with Crippen LogP contribution in [0, 0.1) is 11.3 Å². The van der Waals surface area contributed by atoms with Gasteiger partial charge in [0.2, 0.25) is 0 Å². The number of likely N-dealkylation sites (tertiary alicyclic amines) is 1. The molecule has 0 spiro atoms. The molecule has 0 bridgehead atoms. The normalized spacial score (nSPS) is 17.9. The summed E-state index contributed by atoms with van der Waals surface area (Å²) in [5.74, 6) is 0.664. The van der Waals surface area contributed by atoms with Crippen molar-refractivity contribution in [1.82, 2.24) is 4.90 Å². The molecule has 1 aliphatic rings. The molecule has 0 aliphatic carbocycles. The van der Waals surface area contributed by atoms with E-state index in [1.807, 2.05) is 0 Å². The van der Waals surface area contributed by atoms with E-state index in [1.54, 1.807) is 0 Å². The summed E-state index contributed by atoms with van der Waals surface area (Å²) in [6.07, 6.45) is 2.95. The number of benzene rings is 1. The molecule has 0 amide bonds. The van der Waals surface area contributed by atoms with Crippen LogP contribution in [0.3, 0.4) is 0 Å². The zero-order valence-electron chi connectivity index (χ0n) is 10.1. The molecule has 0 saturated carbocycles. The van der Waals surface area contributed by atoms with Crippen LogP contribution in [0.1, 0.15) is 29.9 Å². The Morgan fingerprint density at radius 2 is 2.12 bits per heavy atom. The monoisotopic (exact) mass is 292 g/mol. The zero-order valence-corrected chi connectivity index (χ0v) is 11.7. The van der Waals surface area contributed by atoms with Crippen molar-refractivity contribution >= 4 is 15.9 Å². The first-order valence-electron chi connectivity index (χ1n) is 6.04. The fraction of sp³-hybridized carbons (Fsp3) is 0.500. The highest BCUT2D eigenvalue weighted by Crippen LogP contribution is 2.33. The maximum atomic E-state index is 8.69. The average Bonchev–Trinajstić information content (AvgIpc) is 2.31. The number of hydrogen-bond acceptors (Lipinski definition) is 2. The van der Waals surface area contributed by atoms with Gasteiger partial charge in [0.1, 0.15) is 0 Å². The Labute approximate surface area is 111 Å². The standard InChI is InChI=1S/C14H17BrN2/c1-17-8-5-12(6-9-17)13-3-2-11(4-7-16)10-14(13)15/h2-3,10,12H,4-6,8-9H2,1H3. The lowest BCUT2D eigenvalue weighted by Gasteiger charge is -2.29. The highest BCUT2D eigenvalue weighted by molar-refractivity contribution is 9.10. The molecule has 1 aromatic rings. The molecular formula is C14H17BrN2. The van der Waals surface area contributed by atoms with E-state index in [1.165, 1.54) is 36.0 Å². The number of hydrogen-bond donors (Lipinski definition) is 0. The molecule has 0 aromatic heterocycles. The third-order valence-corrected chi connectivity index (χ3v) is 4.19. The number of rotatable bonds is 2. The van der Waals surface area contributed by atoms with E-state index < -0.39 is 0 Å². The van der Waals surface area contributed by atoms with Crippen LogP contribution >= 0.6 is 15.9 Å². The summed E-state index contributed by atoms with van der Waals surface area (Å²) in [5.41, 5.74) is 2.50. The van der Waals surface area contributed by atoms with Gasteiger partial charge in [-0.2, -0.15) is 5.26 Å². The van der Waals surface area contributed by atoms with Crippen molar-refractivity contribution in [3.8, 4) is 6.07 Å². The quantitative estimate of drug-likeness (QED) is 0.836. The molecule has 0 N–H and O–H groups in total. The van der Waals surface area contributed by atoms with Crippen molar-refractivity contribution in [2.45, 2.75) is 25.2 Å². The zero-order chi connectivity index (χ0) is 12.3. The smallest absolute Gasteiger partial charge is 0.0669 e. The third-order valence-electron chi connectivity index (χ3n) is 3.51. The number of nitriles is 1. The SMILES string of the molecule is CN1CCC(c2ccc(CC#N)cc2Br)CC1. The summed E-state index contributed by atoms with van der Waals surface area (Å²) in [4.78, 5) is 2.38. The van der Waals surface area contributed by atoms with E-state index in [9.17, 15) is 0 Å². The highest BCUT2D eigenvalue weighted by Gasteiger charge is 2.20. The lowest BCUT2D eigenvalue weighted by molar-refractivity contribution is 0.255. The first-order valence-corrected chi connectivity index (χ1v) is 6.84. The van der Waals surface area contributed by atoms with Crippen molar-refractivity contribution in [3.63, 3.8) is 0 Å². The fourth-order valence-electron chi connectivity index (χ4n) is 2.42. The Morgan fingerprint density at radius 3 is 2.71 bits per heavy atom. The summed E-state index contributed by atoms with van der Waals surface area (Å²) >= 11 is 3.64. The van der Waals surface area contributed by atoms with Gasteiger partial charge in [-0.15, -0.1) is 0 Å². The van der Waals surface area contributed by atoms with Crippen LogP contribution in [-0.2, 0) is 6.42 Å². The molecule has 3 heteroatoms. The molecule has 1 aromatic carbocycles. The van der Waals surface area contributed by atoms with Gasteiger partial charge in [-0.1, -0.05) is 28.1 Å². The second kappa shape index (κ2) is 5.66. The molecule has 2 rings (SSSR count). The lowest BCUT2D eigenvalue weighted by atomic mass is 9.89. The van der Waals surface area contributed by atoms with Gasteiger partial charge in [-0.3, -0.25) is 0 Å². The van der Waals surface area contributed by atoms with Crippen LogP contribution in [0.15, 0.2) is 22.7 Å². The molecule has 90 valence electrons. The minimum absolute atomic E-state index is 0.492. The van der Waals surface area contributed by atoms with E-state index in [-0.39, 0.29) is 0 Å². The van der Waals surface area contributed by atoms with Crippen molar-refractivity contribution in [2.75, 3.05) is 20.1 Å². The van der Waals surface area contributed by atoms with Crippen molar-refractivity contribution in [2.24, 2.45) is 0 Å². The van der Waals surface area contributed by atoms with Gasteiger partial charge < -0.3 is 4.90 Å². The van der Waals surface area contributed by atoms with E-state index in [0.717, 1.165) is 5.56 Å². The van der Waals surface area contributed by atoms with Gasteiger partial charge >= 0.3 is 0 Å². The van der Waals surface area contributed by atoms with Crippen LogP contribution in [0.5, 0.6) is 0 Å². The molecular weight excluding hydrogens is 276 g/mol. The van der Waals surface area contributed by atoms with Crippen molar-refractivity contribution in [1.29, 1.82) is 5.26 Å². The predicted octanol–water partition coefficient (Wildman–Crippen LogP) is 3.32. The summed E-state index contributed by atoms with van der Waals surface area (Å²) in [5, 5.41) is 8.69. The molecule has 1 fully saturated rings. The Kier molecular flexibility index (Phi) is 4.20. The third kappa shape index (κ3) is 3.08. The summed E-state index contributed by atoms with van der Waals surface area (Å²) < 4.78 is 1.17. The summed E-state index contributed by atoms with van der Waals surface area (Å²) in [7, 11) is 2.18. The van der Waals surface area contributed by atoms with Crippen LogP contribution in [0.2, 0.25) is 0 Å². The van der Waals surface area contributed by atoms with Gasteiger partial charge in [0.05, 0.1) is 12.5 Å². The van der Waals surface area contributed by atoms with E-state index >= 15 is 0 Å². The Bertz CT molecular complexity index is 428. The average molecular weight is 293 g/mol. The maximum Gasteiger partial charge on any atom is 0.0669 e. The van der Waals surface area contributed by atoms with Gasteiger partial charge in [0, 0.05) is 4.47 Å². The molecule has 1 aliphatic heterocycles. The lowest BCUT2D eigenvalue weighted by Crippen LogP contribution is -2.29. The molecule has 2 nitrogen and oxygen atoms in total. The van der Waals surface area contributed by atoms with Crippen LogP contribution in [0.4, 0.5) is 0 Å². The van der Waals surface area contributed by atoms with E-state index in [0.29, 0.717) is 12.3 Å². The Morgan fingerprint density at radius 1 is 1.41 bits per heavy atom. The van der Waals surface area contributed by atoms with Crippen LogP contribution in [0.25, 0.3) is 0 Å². The van der Waals surface area contributed by atoms with Crippen LogP contribution in [-0.4, -0.2) is 25.0 Å². The summed E-state index contributed by atoms with van der Waals surface area (Å²) in [6, 6.07) is 8.55. The second-order valence-corrected chi connectivity index (χ2v) is 5.62. The van der Waals surface area contributed by atoms with Crippen molar-refractivity contribution in [3.05, 3.63) is 33.8 Å². The fourth-order valence-corrected chi connectivity index (χ4v) is 3.17. The van der Waals surface area contributed by atoms with E-state index in [2.05, 4.69) is 52.1 Å². The first kappa shape index (κ1) is 12.6. The molecule has 1 saturated heterocycles. The molecule has 0 unspecified atom stereocenters. The van der Waals surface area contributed by atoms with Gasteiger partial charge in [-0.25, -0.2) is 0 Å². The minimum Gasteiger partial charge on any atom is -0.306 e. The predicted molar refractivity (Wildman–Crippen MR) is 72.9 cm³/mol. The summed E-state index contributed by atoms with van der Waals surface area (Å²) in [6.45, 7) is 2.36. The molecule has 0 atom stereocenters. The second-order valence-electron chi connectivity index (χ2n) is 4.77. The first-order chi connectivity index (χ1) is 8.20. The highest BCUT2D eigenvalue weighted by atomic mass is 79.9. The number of nitrogens with zero attached hydrogens (tertiary/aromatic N) is 2. The molecule has 1 heterocycles. The minimum atomic E-state index is 0.492. The largest absolute Gasteiger partial charge is 0.306 e. The van der Waals surface area contributed by atoms with Gasteiger partial charge in [0.25, 0.3) is 0 Å². The van der Waals surface area contributed by atoms with E-state index in [4.69, 9.17) is 5.26 Å². The van der Waals surface area contributed by atoms with Gasteiger partial charge in [0.15, 0.2) is 0 Å². The van der Waals surface area contributed by atoms with Crippen molar-refractivity contribution < 1.29 is 0 Å². The topological polar surface area (TPSA) is 27.0 Å². The Hall–Kier alpha value is -0.850. The Balaban J connectivity index is 2.14. The molecule has 0 radical (unpaired) electrons. The number of halogens is 1. The van der Waals surface area contributed by atoms with Gasteiger partial charge in [-0.05, 0) is 56.1 Å². The maximum absolute atomic E-state index is 8.69. The van der Waals surface area contributed by atoms with Crippen LogP contribution < -0.4 is 0 Å².